The van der Waals surface area contributed by atoms with E-state index < -0.39 is 0 Å². The molecule has 0 spiro atoms. The summed E-state index contributed by atoms with van der Waals surface area (Å²) in [6, 6.07) is 6.18. The van der Waals surface area contributed by atoms with E-state index in [0.717, 1.165) is 15.7 Å². The average Bonchev–Trinajstić information content (AvgIpc) is 2.51. The van der Waals surface area contributed by atoms with Crippen LogP contribution in [0.5, 0.6) is 0 Å². The molecule has 4 heteroatoms. The van der Waals surface area contributed by atoms with Gasteiger partial charge in [0.2, 0.25) is 0 Å². The molecule has 0 atom stereocenters. The van der Waals surface area contributed by atoms with Crippen molar-refractivity contribution in [3.8, 4) is 11.3 Å². The van der Waals surface area contributed by atoms with Crippen molar-refractivity contribution in [3.05, 3.63) is 34.4 Å². The molecule has 0 amide bonds. The Morgan fingerprint density at radius 2 is 2.13 bits per heavy atom. The van der Waals surface area contributed by atoms with Crippen LogP contribution in [0.25, 0.3) is 11.3 Å². The maximum absolute atomic E-state index is 5.89. The molecule has 1 heterocycles. The minimum Gasteiger partial charge on any atom is -0.396 e. The summed E-state index contributed by atoms with van der Waals surface area (Å²) in [6.07, 6.45) is 1.67. The van der Waals surface area contributed by atoms with Gasteiger partial charge in [0.1, 0.15) is 0 Å². The number of halogens is 1. The number of nitrogen functional groups attached to an aromatic ring is 1. The van der Waals surface area contributed by atoms with Crippen LogP contribution < -0.4 is 5.73 Å². The summed E-state index contributed by atoms with van der Waals surface area (Å²) < 4.78 is 2.82. The smallest absolute Gasteiger partial charge is 0.0920 e. The molecule has 2 aromatic rings. The highest BCUT2D eigenvalue weighted by Gasteiger charge is 2.11. The molecule has 2 N–H and O–H groups in total. The van der Waals surface area contributed by atoms with Crippen LogP contribution in [-0.4, -0.2) is 9.78 Å². The van der Waals surface area contributed by atoms with E-state index in [1.165, 1.54) is 5.56 Å². The minimum absolute atomic E-state index is 0.698. The van der Waals surface area contributed by atoms with Gasteiger partial charge in [0.25, 0.3) is 0 Å². The van der Waals surface area contributed by atoms with Crippen molar-refractivity contribution >= 4 is 21.6 Å². The first-order chi connectivity index (χ1) is 7.09. The highest BCUT2D eigenvalue weighted by molar-refractivity contribution is 9.10. The zero-order valence-corrected chi connectivity index (χ0v) is 10.2. The molecular formula is C11H12BrN3. The molecule has 78 valence electrons. The number of benzene rings is 1. The van der Waals surface area contributed by atoms with Gasteiger partial charge in [-0.1, -0.05) is 27.6 Å². The Morgan fingerprint density at radius 3 is 2.73 bits per heavy atom. The Kier molecular flexibility index (Phi) is 2.52. The monoisotopic (exact) mass is 265 g/mol. The molecule has 0 fully saturated rings. The van der Waals surface area contributed by atoms with Crippen molar-refractivity contribution in [1.29, 1.82) is 0 Å². The fourth-order valence-electron chi connectivity index (χ4n) is 1.60. The van der Waals surface area contributed by atoms with Crippen molar-refractivity contribution in [1.82, 2.24) is 9.78 Å². The molecule has 0 aliphatic rings. The second-order valence-electron chi connectivity index (χ2n) is 3.56. The summed E-state index contributed by atoms with van der Waals surface area (Å²) in [5, 5.41) is 4.13. The van der Waals surface area contributed by atoms with E-state index in [1.807, 2.05) is 13.1 Å². The first-order valence-corrected chi connectivity index (χ1v) is 5.43. The molecule has 0 aliphatic carbocycles. The first-order valence-electron chi connectivity index (χ1n) is 4.63. The molecule has 0 saturated carbocycles. The van der Waals surface area contributed by atoms with Gasteiger partial charge < -0.3 is 5.73 Å². The van der Waals surface area contributed by atoms with E-state index >= 15 is 0 Å². The Labute approximate surface area is 97.0 Å². The highest BCUT2D eigenvalue weighted by Crippen LogP contribution is 2.32. The second-order valence-corrected chi connectivity index (χ2v) is 4.41. The van der Waals surface area contributed by atoms with Crippen molar-refractivity contribution in [2.24, 2.45) is 7.05 Å². The molecule has 3 nitrogen and oxygen atoms in total. The molecule has 2 rings (SSSR count). The van der Waals surface area contributed by atoms with Crippen LogP contribution >= 0.6 is 15.9 Å². The zero-order valence-electron chi connectivity index (χ0n) is 8.66. The number of hydrogen-bond donors (Lipinski definition) is 1. The molecule has 1 aromatic heterocycles. The largest absolute Gasteiger partial charge is 0.396 e. The second kappa shape index (κ2) is 3.70. The van der Waals surface area contributed by atoms with Gasteiger partial charge in [0, 0.05) is 17.1 Å². The Bertz CT molecular complexity index is 483. The van der Waals surface area contributed by atoms with Crippen molar-refractivity contribution in [2.45, 2.75) is 6.92 Å². The normalized spacial score (nSPS) is 10.6. The van der Waals surface area contributed by atoms with Gasteiger partial charge in [-0.25, -0.2) is 0 Å². The topological polar surface area (TPSA) is 43.8 Å². The maximum Gasteiger partial charge on any atom is 0.0920 e. The van der Waals surface area contributed by atoms with E-state index in [2.05, 4.69) is 40.1 Å². The van der Waals surface area contributed by atoms with E-state index in [9.17, 15) is 0 Å². The van der Waals surface area contributed by atoms with Crippen molar-refractivity contribution < 1.29 is 0 Å². The SMILES string of the molecule is Cc1ccc(Br)c(-c2c(N)cnn2C)c1. The van der Waals surface area contributed by atoms with Crippen LogP contribution in [-0.2, 0) is 7.05 Å². The third kappa shape index (κ3) is 1.77. The van der Waals surface area contributed by atoms with E-state index in [4.69, 9.17) is 5.73 Å². The summed E-state index contributed by atoms with van der Waals surface area (Å²) in [5.41, 5.74) is 9.81. The van der Waals surface area contributed by atoms with Gasteiger partial charge >= 0.3 is 0 Å². The lowest BCUT2D eigenvalue weighted by atomic mass is 10.1. The first kappa shape index (κ1) is 10.2. The van der Waals surface area contributed by atoms with Crippen molar-refractivity contribution in [2.75, 3.05) is 5.73 Å². The lowest BCUT2D eigenvalue weighted by molar-refractivity contribution is 0.775. The van der Waals surface area contributed by atoms with Crippen LogP contribution in [0.2, 0.25) is 0 Å². The maximum atomic E-state index is 5.89. The lowest BCUT2D eigenvalue weighted by Gasteiger charge is -2.07. The predicted octanol–water partition coefficient (Wildman–Crippen LogP) is 2.74. The number of anilines is 1. The van der Waals surface area contributed by atoms with Crippen LogP contribution in [0.15, 0.2) is 28.9 Å². The molecule has 1 aromatic carbocycles. The summed E-state index contributed by atoms with van der Waals surface area (Å²) >= 11 is 3.52. The van der Waals surface area contributed by atoms with Gasteiger partial charge in [-0.15, -0.1) is 0 Å². The fourth-order valence-corrected chi connectivity index (χ4v) is 2.04. The number of aryl methyl sites for hydroxylation is 2. The quantitative estimate of drug-likeness (QED) is 0.862. The molecule has 0 bridgehead atoms. The van der Waals surface area contributed by atoms with Gasteiger partial charge in [0.05, 0.1) is 17.6 Å². The van der Waals surface area contributed by atoms with Gasteiger partial charge in [0.15, 0.2) is 0 Å². The lowest BCUT2D eigenvalue weighted by Crippen LogP contribution is -1.96. The van der Waals surface area contributed by atoms with Crippen LogP contribution in [0, 0.1) is 6.92 Å². The Hall–Kier alpha value is -1.29. The molecule has 0 radical (unpaired) electrons. The molecule has 15 heavy (non-hydrogen) atoms. The third-order valence-electron chi connectivity index (χ3n) is 2.34. The highest BCUT2D eigenvalue weighted by atomic mass is 79.9. The summed E-state index contributed by atoms with van der Waals surface area (Å²) in [4.78, 5) is 0. The average molecular weight is 266 g/mol. The summed E-state index contributed by atoms with van der Waals surface area (Å²) in [7, 11) is 1.89. The number of rotatable bonds is 1. The number of hydrogen-bond acceptors (Lipinski definition) is 2. The van der Waals surface area contributed by atoms with Gasteiger partial charge in [-0.3, -0.25) is 4.68 Å². The summed E-state index contributed by atoms with van der Waals surface area (Å²) in [5.74, 6) is 0. The number of nitrogens with two attached hydrogens (primary N) is 1. The zero-order chi connectivity index (χ0) is 11.0. The third-order valence-corrected chi connectivity index (χ3v) is 3.04. The standard InChI is InChI=1S/C11H12BrN3/c1-7-3-4-9(12)8(5-7)11-10(13)6-14-15(11)2/h3-6H,13H2,1-2H3. The predicted molar refractivity (Wildman–Crippen MR) is 65.5 cm³/mol. The van der Waals surface area contributed by atoms with Crippen LogP contribution in [0.4, 0.5) is 5.69 Å². The van der Waals surface area contributed by atoms with Crippen molar-refractivity contribution in [3.63, 3.8) is 0 Å². The Morgan fingerprint density at radius 1 is 1.40 bits per heavy atom. The van der Waals surface area contributed by atoms with E-state index in [1.54, 1.807) is 10.9 Å². The number of nitrogens with zero attached hydrogens (tertiary/aromatic N) is 2. The van der Waals surface area contributed by atoms with Crippen LogP contribution in [0.1, 0.15) is 5.56 Å². The minimum atomic E-state index is 0.698. The molecule has 0 saturated heterocycles. The Balaban J connectivity index is 2.68. The van der Waals surface area contributed by atoms with E-state index in [-0.39, 0.29) is 0 Å². The van der Waals surface area contributed by atoms with Gasteiger partial charge in [-0.2, -0.15) is 5.10 Å². The molecule has 0 aliphatic heterocycles. The van der Waals surface area contributed by atoms with Gasteiger partial charge in [-0.05, 0) is 19.1 Å². The summed E-state index contributed by atoms with van der Waals surface area (Å²) in [6.45, 7) is 2.06. The van der Waals surface area contributed by atoms with Crippen LogP contribution in [0.3, 0.4) is 0 Å². The molecule has 0 unspecified atom stereocenters. The van der Waals surface area contributed by atoms with E-state index in [0.29, 0.717) is 5.69 Å². The number of aromatic nitrogens is 2. The fraction of sp³-hybridized carbons (Fsp3) is 0.182. The molecular weight excluding hydrogens is 254 g/mol.